The molecule has 1 atom stereocenters. The molecule has 0 fully saturated rings. The van der Waals surface area contributed by atoms with E-state index in [0.717, 1.165) is 29.2 Å². The largest absolute Gasteiger partial charge is 0.490 e. The SMILES string of the molecule is Cc1ccc(/C=C/C(=O)N[C@H](c2ccc3c(c2)OCCCO3)C(C)C)o1. The van der Waals surface area contributed by atoms with E-state index in [1.165, 1.54) is 6.08 Å². The lowest BCUT2D eigenvalue weighted by Crippen LogP contribution is -2.30. The highest BCUT2D eigenvalue weighted by atomic mass is 16.5. The minimum atomic E-state index is -0.162. The number of hydrogen-bond donors (Lipinski definition) is 1. The summed E-state index contributed by atoms with van der Waals surface area (Å²) in [6.45, 7) is 7.33. The zero-order valence-corrected chi connectivity index (χ0v) is 15.5. The van der Waals surface area contributed by atoms with Crippen molar-refractivity contribution in [1.29, 1.82) is 0 Å². The van der Waals surface area contributed by atoms with Crippen molar-refractivity contribution >= 4 is 12.0 Å². The van der Waals surface area contributed by atoms with E-state index in [1.54, 1.807) is 6.08 Å². The van der Waals surface area contributed by atoms with Crippen LogP contribution in [0.25, 0.3) is 6.08 Å². The fourth-order valence-corrected chi connectivity index (χ4v) is 2.91. The zero-order valence-electron chi connectivity index (χ0n) is 15.5. The summed E-state index contributed by atoms with van der Waals surface area (Å²) < 4.78 is 16.9. The van der Waals surface area contributed by atoms with Crippen molar-refractivity contribution in [3.05, 3.63) is 53.5 Å². The van der Waals surface area contributed by atoms with Gasteiger partial charge in [-0.25, -0.2) is 0 Å². The number of nitrogens with one attached hydrogen (secondary N) is 1. The molecule has 1 aliphatic heterocycles. The first-order valence-corrected chi connectivity index (χ1v) is 8.97. The quantitative estimate of drug-likeness (QED) is 0.814. The van der Waals surface area contributed by atoms with E-state index in [4.69, 9.17) is 13.9 Å². The molecule has 2 aromatic rings. The highest BCUT2D eigenvalue weighted by Gasteiger charge is 2.20. The van der Waals surface area contributed by atoms with Crippen molar-refractivity contribution in [3.8, 4) is 11.5 Å². The molecular formula is C21H25NO4. The van der Waals surface area contributed by atoms with Crippen LogP contribution >= 0.6 is 0 Å². The van der Waals surface area contributed by atoms with Gasteiger partial charge in [-0.3, -0.25) is 4.79 Å². The molecule has 2 heterocycles. The Hall–Kier alpha value is -2.69. The third-order valence-corrected chi connectivity index (χ3v) is 4.26. The summed E-state index contributed by atoms with van der Waals surface area (Å²) in [7, 11) is 0. The first kappa shape index (κ1) is 18.1. The molecule has 5 heteroatoms. The molecule has 0 unspecified atom stereocenters. The number of carbonyl (C=O) groups excluding carboxylic acids is 1. The number of ether oxygens (including phenoxy) is 2. The predicted molar refractivity (Wildman–Crippen MR) is 100 cm³/mol. The Bertz CT molecular complexity index is 791. The van der Waals surface area contributed by atoms with Gasteiger partial charge in [-0.2, -0.15) is 0 Å². The minimum absolute atomic E-state index is 0.123. The lowest BCUT2D eigenvalue weighted by molar-refractivity contribution is -0.117. The number of furan rings is 1. The molecule has 1 N–H and O–H groups in total. The van der Waals surface area contributed by atoms with Gasteiger partial charge in [-0.05, 0) is 48.7 Å². The topological polar surface area (TPSA) is 60.7 Å². The summed E-state index contributed by atoms with van der Waals surface area (Å²) in [5.74, 6) is 3.04. The normalized spacial score (nSPS) is 15.1. The standard InChI is InChI=1S/C21H25NO4/c1-14(2)21(22-20(23)10-8-17-7-5-15(3)26-17)16-6-9-18-19(13-16)25-12-4-11-24-18/h5-10,13-14,21H,4,11-12H2,1-3H3,(H,22,23)/b10-8+/t21-/m0/s1. The van der Waals surface area contributed by atoms with Crippen LogP contribution in [0, 0.1) is 12.8 Å². The van der Waals surface area contributed by atoms with E-state index in [1.807, 2.05) is 37.3 Å². The molecule has 0 aliphatic carbocycles. The molecule has 0 saturated carbocycles. The molecule has 5 nitrogen and oxygen atoms in total. The van der Waals surface area contributed by atoms with Gasteiger partial charge >= 0.3 is 0 Å². The molecule has 26 heavy (non-hydrogen) atoms. The molecule has 1 aromatic carbocycles. The molecule has 1 aliphatic rings. The highest BCUT2D eigenvalue weighted by molar-refractivity contribution is 5.91. The van der Waals surface area contributed by atoms with Gasteiger partial charge in [0.25, 0.3) is 0 Å². The number of benzene rings is 1. The van der Waals surface area contributed by atoms with Crippen molar-refractivity contribution in [2.24, 2.45) is 5.92 Å². The van der Waals surface area contributed by atoms with Crippen molar-refractivity contribution in [1.82, 2.24) is 5.32 Å². The summed E-state index contributed by atoms with van der Waals surface area (Å²) in [6, 6.07) is 9.44. The van der Waals surface area contributed by atoms with Crippen LogP contribution in [-0.4, -0.2) is 19.1 Å². The van der Waals surface area contributed by atoms with Crippen LogP contribution in [0.15, 0.2) is 40.8 Å². The van der Waals surface area contributed by atoms with Crippen LogP contribution < -0.4 is 14.8 Å². The average Bonchev–Trinajstić information content (AvgIpc) is 2.89. The van der Waals surface area contributed by atoms with Crippen molar-refractivity contribution < 1.29 is 18.7 Å². The van der Waals surface area contributed by atoms with Gasteiger partial charge in [0.1, 0.15) is 11.5 Å². The molecule has 138 valence electrons. The Morgan fingerprint density at radius 2 is 1.88 bits per heavy atom. The van der Waals surface area contributed by atoms with Crippen LogP contribution in [0.3, 0.4) is 0 Å². The van der Waals surface area contributed by atoms with Crippen LogP contribution in [0.5, 0.6) is 11.5 Å². The Balaban J connectivity index is 1.73. The number of fused-ring (bicyclic) bond motifs is 1. The maximum Gasteiger partial charge on any atom is 0.244 e. The van der Waals surface area contributed by atoms with Crippen molar-refractivity contribution in [2.45, 2.75) is 33.2 Å². The Morgan fingerprint density at radius 1 is 1.12 bits per heavy atom. The van der Waals surface area contributed by atoms with Gasteiger partial charge in [-0.15, -0.1) is 0 Å². The first-order chi connectivity index (χ1) is 12.5. The fraction of sp³-hybridized carbons (Fsp3) is 0.381. The third kappa shape index (κ3) is 4.48. The number of rotatable bonds is 5. The Kier molecular flexibility index (Phi) is 5.66. The maximum atomic E-state index is 12.4. The second-order valence-electron chi connectivity index (χ2n) is 6.77. The molecule has 0 radical (unpaired) electrons. The average molecular weight is 355 g/mol. The van der Waals surface area contributed by atoms with Crippen molar-refractivity contribution in [2.75, 3.05) is 13.2 Å². The third-order valence-electron chi connectivity index (χ3n) is 4.26. The maximum absolute atomic E-state index is 12.4. The predicted octanol–water partition coefficient (Wildman–Crippen LogP) is 4.28. The number of hydrogen-bond acceptors (Lipinski definition) is 4. The smallest absolute Gasteiger partial charge is 0.244 e. The molecule has 0 saturated heterocycles. The first-order valence-electron chi connectivity index (χ1n) is 8.97. The van der Waals surface area contributed by atoms with Crippen LogP contribution in [0.2, 0.25) is 0 Å². The van der Waals surface area contributed by atoms with E-state index >= 15 is 0 Å². The summed E-state index contributed by atoms with van der Waals surface area (Å²) in [4.78, 5) is 12.4. The van der Waals surface area contributed by atoms with Crippen LogP contribution in [-0.2, 0) is 4.79 Å². The van der Waals surface area contributed by atoms with Gasteiger partial charge in [0.15, 0.2) is 11.5 Å². The molecule has 0 spiro atoms. The fourth-order valence-electron chi connectivity index (χ4n) is 2.91. The lowest BCUT2D eigenvalue weighted by Gasteiger charge is -2.23. The zero-order chi connectivity index (χ0) is 18.5. The number of carbonyl (C=O) groups is 1. The lowest BCUT2D eigenvalue weighted by atomic mass is 9.95. The summed E-state index contributed by atoms with van der Waals surface area (Å²) in [5, 5.41) is 3.07. The molecule has 0 bridgehead atoms. The van der Waals surface area contributed by atoms with Crippen LogP contribution in [0.1, 0.15) is 43.4 Å². The Morgan fingerprint density at radius 3 is 2.58 bits per heavy atom. The second-order valence-corrected chi connectivity index (χ2v) is 6.77. The minimum Gasteiger partial charge on any atom is -0.490 e. The van der Waals surface area contributed by atoms with E-state index in [2.05, 4.69) is 19.2 Å². The van der Waals surface area contributed by atoms with E-state index < -0.39 is 0 Å². The highest BCUT2D eigenvalue weighted by Crippen LogP contribution is 2.34. The Labute approximate surface area is 154 Å². The molecular weight excluding hydrogens is 330 g/mol. The van der Waals surface area contributed by atoms with Crippen LogP contribution in [0.4, 0.5) is 0 Å². The monoisotopic (exact) mass is 355 g/mol. The van der Waals surface area contributed by atoms with Crippen molar-refractivity contribution in [3.63, 3.8) is 0 Å². The summed E-state index contributed by atoms with van der Waals surface area (Å²) >= 11 is 0. The molecule has 1 amide bonds. The van der Waals surface area contributed by atoms with Gasteiger partial charge in [0.05, 0.1) is 19.3 Å². The number of amides is 1. The van der Waals surface area contributed by atoms with E-state index in [9.17, 15) is 4.79 Å². The number of aryl methyl sites for hydroxylation is 1. The van der Waals surface area contributed by atoms with Gasteiger partial charge in [0, 0.05) is 12.5 Å². The van der Waals surface area contributed by atoms with Gasteiger partial charge in [0.2, 0.25) is 5.91 Å². The van der Waals surface area contributed by atoms with E-state index in [0.29, 0.717) is 19.0 Å². The summed E-state index contributed by atoms with van der Waals surface area (Å²) in [5.41, 5.74) is 1.000. The van der Waals surface area contributed by atoms with E-state index in [-0.39, 0.29) is 17.9 Å². The van der Waals surface area contributed by atoms with Gasteiger partial charge in [-0.1, -0.05) is 19.9 Å². The summed E-state index contributed by atoms with van der Waals surface area (Å²) in [6.07, 6.45) is 4.04. The second kappa shape index (κ2) is 8.13. The molecule has 3 rings (SSSR count). The molecule has 1 aromatic heterocycles. The van der Waals surface area contributed by atoms with Gasteiger partial charge < -0.3 is 19.2 Å².